The minimum atomic E-state index is -0.0329. The summed E-state index contributed by atoms with van der Waals surface area (Å²) in [7, 11) is 0. The summed E-state index contributed by atoms with van der Waals surface area (Å²) >= 11 is 0. The van der Waals surface area contributed by atoms with E-state index in [-0.39, 0.29) is 12.1 Å². The van der Waals surface area contributed by atoms with Crippen LogP contribution in [0.2, 0.25) is 0 Å². The second kappa shape index (κ2) is 11.2. The van der Waals surface area contributed by atoms with Crippen LogP contribution in [0.25, 0.3) is 0 Å². The summed E-state index contributed by atoms with van der Waals surface area (Å²) in [5.41, 5.74) is 4.25. The second-order valence-corrected chi connectivity index (χ2v) is 11.4. The van der Waals surface area contributed by atoms with Crippen LogP contribution in [0.4, 0.5) is 0 Å². The van der Waals surface area contributed by atoms with Crippen molar-refractivity contribution in [3.8, 4) is 0 Å². The summed E-state index contributed by atoms with van der Waals surface area (Å²) in [6.45, 7) is 4.31. The van der Waals surface area contributed by atoms with Gasteiger partial charge in [0.2, 0.25) is 0 Å². The summed E-state index contributed by atoms with van der Waals surface area (Å²) < 4.78 is 5.72. The Balaban J connectivity index is 1.26. The molecule has 2 bridgehead atoms. The van der Waals surface area contributed by atoms with Gasteiger partial charge in [0, 0.05) is 6.42 Å². The molecule has 4 saturated carbocycles. The van der Waals surface area contributed by atoms with Crippen LogP contribution < -0.4 is 0 Å². The molecule has 1 aromatic carbocycles. The van der Waals surface area contributed by atoms with Crippen LogP contribution in [0, 0.1) is 5.41 Å². The van der Waals surface area contributed by atoms with E-state index in [9.17, 15) is 4.79 Å². The quantitative estimate of drug-likeness (QED) is 0.202. The van der Waals surface area contributed by atoms with Gasteiger partial charge in [-0.2, -0.15) is 0 Å². The van der Waals surface area contributed by atoms with E-state index in [0.717, 1.165) is 32.1 Å². The Kier molecular flexibility index (Phi) is 8.36. The van der Waals surface area contributed by atoms with Crippen LogP contribution in [0.15, 0.2) is 36.4 Å². The van der Waals surface area contributed by atoms with Crippen molar-refractivity contribution in [2.75, 3.05) is 0 Å². The molecular weight excluding hydrogens is 404 g/mol. The molecule has 0 aliphatic heterocycles. The minimum absolute atomic E-state index is 0.0329. The van der Waals surface area contributed by atoms with Gasteiger partial charge in [-0.1, -0.05) is 62.6 Å². The molecule has 0 unspecified atom stereocenters. The van der Waals surface area contributed by atoms with Crippen LogP contribution in [-0.4, -0.2) is 12.1 Å². The molecule has 182 valence electrons. The second-order valence-electron chi connectivity index (χ2n) is 11.4. The number of benzene rings is 1. The predicted octanol–water partition coefficient (Wildman–Crippen LogP) is 8.78. The Morgan fingerprint density at radius 2 is 1.64 bits per heavy atom. The smallest absolute Gasteiger partial charge is 0.306 e. The number of hydrogen-bond donors (Lipinski definition) is 0. The summed E-state index contributed by atoms with van der Waals surface area (Å²) in [6, 6.07) is 9.79. The number of esters is 1. The number of hydrogen-bond acceptors (Lipinski definition) is 2. The molecule has 4 fully saturated rings. The zero-order chi connectivity index (χ0) is 23.2. The Morgan fingerprint density at radius 1 is 0.970 bits per heavy atom. The van der Waals surface area contributed by atoms with Crippen LogP contribution in [0.1, 0.15) is 134 Å². The fraction of sp³-hybridized carbons (Fsp3) is 0.710. The molecule has 0 aromatic heterocycles. The molecule has 5 rings (SSSR count). The first-order valence-corrected chi connectivity index (χ1v) is 14.0. The van der Waals surface area contributed by atoms with Gasteiger partial charge in [-0.15, -0.1) is 0 Å². The van der Waals surface area contributed by atoms with Crippen molar-refractivity contribution >= 4 is 5.97 Å². The molecule has 1 aromatic rings. The first-order valence-electron chi connectivity index (χ1n) is 14.0. The summed E-state index contributed by atoms with van der Waals surface area (Å²) in [5.74, 6) is 0.591. The molecule has 0 atom stereocenters. The largest absolute Gasteiger partial charge is 0.462 e. The number of allylic oxidation sites excluding steroid dienone is 2. The van der Waals surface area contributed by atoms with E-state index in [1.54, 1.807) is 5.56 Å². The molecule has 0 radical (unpaired) electrons. The van der Waals surface area contributed by atoms with Gasteiger partial charge in [-0.3, -0.25) is 4.79 Å². The molecule has 4 aliphatic rings. The van der Waals surface area contributed by atoms with Crippen molar-refractivity contribution < 1.29 is 9.53 Å². The van der Waals surface area contributed by atoms with E-state index in [1.807, 2.05) is 19.1 Å². The maximum Gasteiger partial charge on any atom is 0.306 e. The van der Waals surface area contributed by atoms with Gasteiger partial charge in [-0.05, 0) is 112 Å². The maximum atomic E-state index is 12.0. The third-order valence-corrected chi connectivity index (χ3v) is 9.43. The number of ether oxygens (including phenoxy) is 1. The van der Waals surface area contributed by atoms with Crippen LogP contribution in [-0.2, 0) is 14.9 Å². The van der Waals surface area contributed by atoms with E-state index >= 15 is 0 Å². The number of rotatable bonds is 10. The Labute approximate surface area is 202 Å². The fourth-order valence-electron chi connectivity index (χ4n) is 7.06. The Hall–Kier alpha value is -1.57. The molecule has 0 heterocycles. The lowest BCUT2D eigenvalue weighted by atomic mass is 9.51. The van der Waals surface area contributed by atoms with Gasteiger partial charge in [-0.25, -0.2) is 0 Å². The molecule has 4 aliphatic carbocycles. The molecule has 0 N–H and O–H groups in total. The van der Waals surface area contributed by atoms with Crippen molar-refractivity contribution in [1.29, 1.82) is 0 Å². The highest BCUT2D eigenvalue weighted by molar-refractivity contribution is 5.69. The van der Waals surface area contributed by atoms with Gasteiger partial charge in [0.05, 0.1) is 0 Å². The van der Waals surface area contributed by atoms with Crippen molar-refractivity contribution in [3.05, 3.63) is 47.5 Å². The molecule has 2 nitrogen and oxygen atoms in total. The topological polar surface area (TPSA) is 26.3 Å². The first kappa shape index (κ1) is 24.6. The van der Waals surface area contributed by atoms with Gasteiger partial charge >= 0.3 is 5.97 Å². The van der Waals surface area contributed by atoms with Crippen molar-refractivity contribution in [1.82, 2.24) is 0 Å². The van der Waals surface area contributed by atoms with E-state index in [4.69, 9.17) is 4.74 Å². The van der Waals surface area contributed by atoms with E-state index in [2.05, 4.69) is 31.2 Å². The molecule has 33 heavy (non-hydrogen) atoms. The number of unbranched alkanes of at least 4 members (excludes halogenated alkanes) is 2. The van der Waals surface area contributed by atoms with Crippen molar-refractivity contribution in [3.63, 3.8) is 0 Å². The summed E-state index contributed by atoms with van der Waals surface area (Å²) in [4.78, 5) is 12.0. The molecular formula is C31H46O2. The SMILES string of the molecule is CC=CCCC(=O)OC1CCC(c2ccc(C34CCC(CCCCC)(CC3)CC4)cc2)CC1. The third-order valence-electron chi connectivity index (χ3n) is 9.43. The van der Waals surface area contributed by atoms with Crippen molar-refractivity contribution in [2.45, 2.75) is 134 Å². The first-order chi connectivity index (χ1) is 16.1. The summed E-state index contributed by atoms with van der Waals surface area (Å²) in [5, 5.41) is 0. The highest BCUT2D eigenvalue weighted by Crippen LogP contribution is 2.59. The molecule has 0 saturated heterocycles. The fourth-order valence-corrected chi connectivity index (χ4v) is 7.06. The summed E-state index contributed by atoms with van der Waals surface area (Å²) in [6.07, 6.45) is 24.0. The number of carbonyl (C=O) groups is 1. The van der Waals surface area contributed by atoms with Gasteiger partial charge < -0.3 is 4.74 Å². The van der Waals surface area contributed by atoms with E-state index in [1.165, 1.54) is 69.8 Å². The normalized spacial score (nSPS) is 31.7. The Bertz CT molecular complexity index is 757. The number of fused-ring (bicyclic) bond motifs is 3. The molecule has 0 amide bonds. The highest BCUT2D eigenvalue weighted by atomic mass is 16.5. The Morgan fingerprint density at radius 3 is 2.24 bits per heavy atom. The lowest BCUT2D eigenvalue weighted by Gasteiger charge is -2.54. The number of carbonyl (C=O) groups excluding carboxylic acids is 1. The van der Waals surface area contributed by atoms with E-state index in [0.29, 0.717) is 23.2 Å². The molecule has 2 heteroatoms. The maximum absolute atomic E-state index is 12.0. The van der Waals surface area contributed by atoms with E-state index < -0.39 is 0 Å². The molecule has 0 spiro atoms. The zero-order valence-corrected chi connectivity index (χ0v) is 21.2. The van der Waals surface area contributed by atoms with Crippen LogP contribution in [0.5, 0.6) is 0 Å². The highest BCUT2D eigenvalue weighted by Gasteiger charge is 2.48. The third kappa shape index (κ3) is 5.92. The monoisotopic (exact) mass is 450 g/mol. The van der Waals surface area contributed by atoms with Gasteiger partial charge in [0.15, 0.2) is 0 Å². The average Bonchev–Trinajstić information content (AvgIpc) is 2.86. The average molecular weight is 451 g/mol. The van der Waals surface area contributed by atoms with Gasteiger partial charge in [0.1, 0.15) is 6.10 Å². The van der Waals surface area contributed by atoms with Crippen LogP contribution in [0.3, 0.4) is 0 Å². The minimum Gasteiger partial charge on any atom is -0.462 e. The standard InChI is InChI=1S/C31H46O2/c1-3-5-7-9-29(32)33-28-16-12-26(13-17-28)25-10-14-27(15-11-25)31-22-19-30(20-23-31,21-24-31)18-8-6-4-2/h3,5,10-11,14-15,26,28H,4,6-9,12-13,16-24H2,1-2H3. The predicted molar refractivity (Wildman–Crippen MR) is 138 cm³/mol. The lowest BCUT2D eigenvalue weighted by Crippen LogP contribution is -2.44. The lowest BCUT2D eigenvalue weighted by molar-refractivity contribution is -0.150. The van der Waals surface area contributed by atoms with Crippen LogP contribution >= 0.6 is 0 Å². The van der Waals surface area contributed by atoms with Crippen molar-refractivity contribution in [2.24, 2.45) is 5.41 Å². The zero-order valence-electron chi connectivity index (χ0n) is 21.2. The van der Waals surface area contributed by atoms with Gasteiger partial charge in [0.25, 0.3) is 0 Å².